The van der Waals surface area contributed by atoms with E-state index in [2.05, 4.69) is 30.6 Å². The number of likely N-dealkylation sites (tertiary alicyclic amines) is 1. The Kier molecular flexibility index (Phi) is 6.81. The Morgan fingerprint density at radius 1 is 1.10 bits per heavy atom. The highest BCUT2D eigenvalue weighted by molar-refractivity contribution is 6.05. The molecule has 41 heavy (non-hydrogen) atoms. The first-order chi connectivity index (χ1) is 19.8. The van der Waals surface area contributed by atoms with E-state index in [1.54, 1.807) is 35.3 Å². The van der Waals surface area contributed by atoms with E-state index in [1.807, 2.05) is 25.4 Å². The van der Waals surface area contributed by atoms with E-state index in [4.69, 9.17) is 5.73 Å². The van der Waals surface area contributed by atoms with Crippen LogP contribution in [0.15, 0.2) is 48.9 Å². The first kappa shape index (κ1) is 26.3. The molecule has 4 aromatic rings. The molecule has 14 heteroatoms. The summed E-state index contributed by atoms with van der Waals surface area (Å²) in [4.78, 5) is 42.2. The van der Waals surface area contributed by atoms with Gasteiger partial charge in [0.15, 0.2) is 11.5 Å². The van der Waals surface area contributed by atoms with E-state index < -0.39 is 24.0 Å². The monoisotopic (exact) mass is 560 g/mol. The topological polar surface area (TPSA) is 157 Å². The van der Waals surface area contributed by atoms with Gasteiger partial charge in [-0.1, -0.05) is 6.07 Å². The second-order valence-corrected chi connectivity index (χ2v) is 10.4. The van der Waals surface area contributed by atoms with E-state index in [1.165, 1.54) is 9.58 Å². The lowest BCUT2D eigenvalue weighted by Crippen LogP contribution is -2.50. The molecule has 0 bridgehead atoms. The van der Waals surface area contributed by atoms with Crippen molar-refractivity contribution in [1.29, 1.82) is 0 Å². The first-order valence-electron chi connectivity index (χ1n) is 13.3. The SMILES string of the molecule is Cn1ccc(N2CCC(NC(=O)C3CC(F)CN3C(=O)Cn3nc(C(N)=O)c4cc(-c5ccnnc5)ccc43)C2)n1. The highest BCUT2D eigenvalue weighted by Gasteiger charge is 2.41. The average Bonchev–Trinajstić information content (AvgIpc) is 3.75. The van der Waals surface area contributed by atoms with Gasteiger partial charge in [0.1, 0.15) is 18.8 Å². The molecule has 0 saturated carbocycles. The predicted molar refractivity (Wildman–Crippen MR) is 146 cm³/mol. The lowest BCUT2D eigenvalue weighted by atomic mass is 10.0. The van der Waals surface area contributed by atoms with Gasteiger partial charge in [0.25, 0.3) is 5.91 Å². The maximum atomic E-state index is 14.6. The van der Waals surface area contributed by atoms with Crippen LogP contribution in [0.4, 0.5) is 10.2 Å². The van der Waals surface area contributed by atoms with Crippen molar-refractivity contribution in [3.8, 4) is 11.1 Å². The quantitative estimate of drug-likeness (QED) is 0.334. The van der Waals surface area contributed by atoms with Crippen molar-refractivity contribution in [2.24, 2.45) is 12.8 Å². The number of anilines is 1. The van der Waals surface area contributed by atoms with Crippen molar-refractivity contribution in [1.82, 2.24) is 40.0 Å². The first-order valence-corrected chi connectivity index (χ1v) is 13.3. The van der Waals surface area contributed by atoms with Crippen LogP contribution in [-0.4, -0.2) is 90.3 Å². The molecule has 2 aliphatic rings. The third-order valence-corrected chi connectivity index (χ3v) is 7.62. The van der Waals surface area contributed by atoms with Gasteiger partial charge in [-0.15, -0.1) is 0 Å². The average molecular weight is 561 g/mol. The number of hydrogen-bond donors (Lipinski definition) is 2. The molecule has 0 radical (unpaired) electrons. The normalized spacial score (nSPS) is 20.6. The number of nitrogens with one attached hydrogen (secondary N) is 1. The lowest BCUT2D eigenvalue weighted by molar-refractivity contribution is -0.139. The van der Waals surface area contributed by atoms with Gasteiger partial charge in [-0.05, 0) is 30.2 Å². The van der Waals surface area contributed by atoms with E-state index in [9.17, 15) is 18.8 Å². The zero-order valence-corrected chi connectivity index (χ0v) is 22.4. The summed E-state index contributed by atoms with van der Waals surface area (Å²) in [5, 5.41) is 19.8. The number of nitrogens with two attached hydrogens (primary N) is 1. The molecule has 3 atom stereocenters. The molecule has 3 aromatic heterocycles. The number of amides is 3. The van der Waals surface area contributed by atoms with Crippen molar-refractivity contribution in [2.45, 2.75) is 37.6 Å². The fourth-order valence-corrected chi connectivity index (χ4v) is 5.61. The smallest absolute Gasteiger partial charge is 0.269 e. The molecule has 13 nitrogen and oxygen atoms in total. The Bertz CT molecular complexity index is 1620. The van der Waals surface area contributed by atoms with Crippen LogP contribution in [-0.2, 0) is 23.2 Å². The summed E-state index contributed by atoms with van der Waals surface area (Å²) in [5.74, 6) is -0.776. The standard InChI is InChI=1S/C27H29FN10O3/c1-35-8-6-23(33-35)36-9-5-19(14-36)32-27(41)22-11-18(28)13-37(22)24(39)15-38-21-3-2-16(17-4-7-30-31-12-17)10-20(21)25(34-38)26(29)40/h2-4,6-8,10,12,18-19,22H,5,9,11,13-15H2,1H3,(H2,29,40)(H,32,41). The van der Waals surface area contributed by atoms with Crippen LogP contribution in [0.2, 0.25) is 0 Å². The molecule has 0 spiro atoms. The van der Waals surface area contributed by atoms with Crippen LogP contribution in [0.3, 0.4) is 0 Å². The van der Waals surface area contributed by atoms with Crippen molar-refractivity contribution < 1.29 is 18.8 Å². The molecule has 1 aromatic carbocycles. The van der Waals surface area contributed by atoms with Gasteiger partial charge >= 0.3 is 0 Å². The number of nitrogens with zero attached hydrogens (tertiary/aromatic N) is 8. The third-order valence-electron chi connectivity index (χ3n) is 7.62. The van der Waals surface area contributed by atoms with Crippen LogP contribution in [0.1, 0.15) is 23.3 Å². The maximum Gasteiger partial charge on any atom is 0.269 e. The molecule has 212 valence electrons. The summed E-state index contributed by atoms with van der Waals surface area (Å²) in [6, 6.07) is 7.90. The lowest BCUT2D eigenvalue weighted by Gasteiger charge is -2.25. The minimum atomic E-state index is -1.32. The van der Waals surface area contributed by atoms with Gasteiger partial charge in [-0.2, -0.15) is 20.4 Å². The van der Waals surface area contributed by atoms with Crippen molar-refractivity contribution >= 4 is 34.4 Å². The zero-order chi connectivity index (χ0) is 28.7. The molecular formula is C27H29FN10O3. The Hall–Kier alpha value is -4.88. The van der Waals surface area contributed by atoms with Gasteiger partial charge in [-0.3, -0.25) is 23.7 Å². The number of primary amides is 1. The summed E-state index contributed by atoms with van der Waals surface area (Å²) in [6.07, 6.45) is 4.32. The van der Waals surface area contributed by atoms with Gasteiger partial charge in [0.2, 0.25) is 11.8 Å². The summed E-state index contributed by atoms with van der Waals surface area (Å²) in [5.41, 5.74) is 7.67. The maximum absolute atomic E-state index is 14.6. The fraction of sp³-hybridized carbons (Fsp3) is 0.370. The van der Waals surface area contributed by atoms with Crippen molar-refractivity contribution in [3.05, 3.63) is 54.6 Å². The fourth-order valence-electron chi connectivity index (χ4n) is 5.61. The summed E-state index contributed by atoms with van der Waals surface area (Å²) < 4.78 is 17.7. The van der Waals surface area contributed by atoms with Crippen LogP contribution in [0.5, 0.6) is 0 Å². The Labute approximate surface area is 234 Å². The largest absolute Gasteiger partial charge is 0.364 e. The molecule has 2 fully saturated rings. The second kappa shape index (κ2) is 10.6. The van der Waals surface area contributed by atoms with Gasteiger partial charge in [0, 0.05) is 55.8 Å². The van der Waals surface area contributed by atoms with Crippen molar-refractivity contribution in [3.63, 3.8) is 0 Å². The summed E-state index contributed by atoms with van der Waals surface area (Å²) >= 11 is 0. The second-order valence-electron chi connectivity index (χ2n) is 10.4. The molecule has 3 amide bonds. The van der Waals surface area contributed by atoms with E-state index >= 15 is 0 Å². The van der Waals surface area contributed by atoms with Crippen molar-refractivity contribution in [2.75, 3.05) is 24.5 Å². The molecule has 2 aliphatic heterocycles. The minimum Gasteiger partial charge on any atom is -0.364 e. The molecule has 5 heterocycles. The highest BCUT2D eigenvalue weighted by atomic mass is 19.1. The number of hydrogen-bond acceptors (Lipinski definition) is 8. The molecule has 3 unspecified atom stereocenters. The molecule has 3 N–H and O–H groups in total. The minimum absolute atomic E-state index is 0.00874. The van der Waals surface area contributed by atoms with E-state index in [-0.39, 0.29) is 37.2 Å². The van der Waals surface area contributed by atoms with Gasteiger partial charge in [-0.25, -0.2) is 4.39 Å². The Morgan fingerprint density at radius 2 is 1.95 bits per heavy atom. The highest BCUT2D eigenvalue weighted by Crippen LogP contribution is 2.27. The van der Waals surface area contributed by atoms with E-state index in [0.717, 1.165) is 29.9 Å². The number of halogens is 1. The van der Waals surface area contributed by atoms with Crippen LogP contribution in [0.25, 0.3) is 22.0 Å². The number of aryl methyl sites for hydroxylation is 1. The molecule has 0 aliphatic carbocycles. The Balaban J connectivity index is 1.18. The van der Waals surface area contributed by atoms with Crippen LogP contribution >= 0.6 is 0 Å². The summed E-state index contributed by atoms with van der Waals surface area (Å²) in [7, 11) is 1.84. The van der Waals surface area contributed by atoms with Crippen LogP contribution in [0, 0.1) is 0 Å². The molecule has 6 rings (SSSR count). The predicted octanol–water partition coefficient (Wildman–Crippen LogP) is 0.660. The number of fused-ring (bicyclic) bond motifs is 1. The van der Waals surface area contributed by atoms with Gasteiger partial charge in [0.05, 0.1) is 24.5 Å². The number of alkyl halides is 1. The molecular weight excluding hydrogens is 531 g/mol. The zero-order valence-electron chi connectivity index (χ0n) is 22.4. The number of aromatic nitrogens is 6. The molecule has 2 saturated heterocycles. The Morgan fingerprint density at radius 3 is 2.68 bits per heavy atom. The van der Waals surface area contributed by atoms with Gasteiger partial charge < -0.3 is 20.9 Å². The number of carbonyl (C=O) groups excluding carboxylic acids is 3. The number of carbonyl (C=O) groups is 3. The number of rotatable bonds is 7. The summed E-state index contributed by atoms with van der Waals surface area (Å²) in [6.45, 7) is 0.834. The van der Waals surface area contributed by atoms with E-state index in [0.29, 0.717) is 17.4 Å². The third kappa shape index (κ3) is 5.19. The van der Waals surface area contributed by atoms with Crippen LogP contribution < -0.4 is 16.0 Å². The number of benzene rings is 1.